The van der Waals surface area contributed by atoms with E-state index in [4.69, 9.17) is 4.98 Å². The number of para-hydroxylation sites is 1. The van der Waals surface area contributed by atoms with E-state index in [-0.39, 0.29) is 16.8 Å². The minimum atomic E-state index is -3.89. The van der Waals surface area contributed by atoms with Gasteiger partial charge < -0.3 is 5.32 Å². The lowest BCUT2D eigenvalue weighted by Crippen LogP contribution is -2.16. The first-order valence-corrected chi connectivity index (χ1v) is 13.0. The molecule has 0 atom stereocenters. The summed E-state index contributed by atoms with van der Waals surface area (Å²) in [5.41, 5.74) is 4.97. The van der Waals surface area contributed by atoms with Crippen LogP contribution < -0.4 is 10.0 Å². The highest BCUT2D eigenvalue weighted by molar-refractivity contribution is 7.92. The number of rotatable bonds is 6. The maximum atomic E-state index is 13.4. The summed E-state index contributed by atoms with van der Waals surface area (Å²) in [6.45, 7) is 3.74. The highest BCUT2D eigenvalue weighted by Crippen LogP contribution is 2.28. The lowest BCUT2D eigenvalue weighted by atomic mass is 10.0. The Hall–Kier alpha value is -4.63. The predicted octanol–water partition coefficient (Wildman–Crippen LogP) is 5.36. The molecule has 2 heterocycles. The van der Waals surface area contributed by atoms with E-state index in [0.717, 1.165) is 16.5 Å². The number of aryl methyl sites for hydroxylation is 2. The van der Waals surface area contributed by atoms with Gasteiger partial charge in [0, 0.05) is 28.5 Å². The van der Waals surface area contributed by atoms with Crippen molar-refractivity contribution in [3.05, 3.63) is 108 Å². The number of aromatic nitrogens is 3. The fourth-order valence-corrected chi connectivity index (χ4v) is 4.91. The van der Waals surface area contributed by atoms with Gasteiger partial charge in [-0.25, -0.2) is 28.1 Å². The number of hydrogen-bond acceptors (Lipinski definition) is 6. The molecule has 0 saturated carbocycles. The van der Waals surface area contributed by atoms with Crippen molar-refractivity contribution in [2.24, 2.45) is 0 Å². The fraction of sp³-hybridized carbons (Fsp3) is 0.0714. The van der Waals surface area contributed by atoms with Crippen molar-refractivity contribution in [1.82, 2.24) is 15.0 Å². The van der Waals surface area contributed by atoms with E-state index in [9.17, 15) is 13.2 Å². The van der Waals surface area contributed by atoms with E-state index in [1.54, 1.807) is 19.1 Å². The molecule has 1 amide bonds. The molecule has 9 heteroatoms. The minimum absolute atomic E-state index is 0.00796. The summed E-state index contributed by atoms with van der Waals surface area (Å²) in [5.74, 6) is -0.332. The van der Waals surface area contributed by atoms with Gasteiger partial charge >= 0.3 is 0 Å². The average molecular weight is 510 g/mol. The second kappa shape index (κ2) is 9.79. The van der Waals surface area contributed by atoms with Crippen LogP contribution in [-0.2, 0) is 10.0 Å². The summed E-state index contributed by atoms with van der Waals surface area (Å²) < 4.78 is 27.8. The number of anilines is 2. The molecule has 0 saturated heterocycles. The van der Waals surface area contributed by atoms with Crippen LogP contribution in [0.4, 0.5) is 11.6 Å². The molecule has 0 radical (unpaired) electrons. The van der Waals surface area contributed by atoms with Crippen LogP contribution in [-0.4, -0.2) is 29.3 Å². The maximum Gasteiger partial charge on any atom is 0.264 e. The first kappa shape index (κ1) is 24.1. The van der Waals surface area contributed by atoms with Gasteiger partial charge in [0.15, 0.2) is 0 Å². The van der Waals surface area contributed by atoms with Crippen LogP contribution in [0.15, 0.2) is 96.0 Å². The van der Waals surface area contributed by atoms with Gasteiger partial charge in [-0.1, -0.05) is 42.5 Å². The lowest BCUT2D eigenvalue weighted by molar-refractivity contribution is 0.102. The quantitative estimate of drug-likeness (QED) is 0.318. The second-order valence-electron chi connectivity index (χ2n) is 8.49. The van der Waals surface area contributed by atoms with Gasteiger partial charge in [0.2, 0.25) is 5.95 Å². The maximum absolute atomic E-state index is 13.4. The molecule has 0 aliphatic heterocycles. The zero-order chi connectivity index (χ0) is 26.0. The Morgan fingerprint density at radius 1 is 0.838 bits per heavy atom. The molecule has 0 fully saturated rings. The number of pyridine rings is 1. The lowest BCUT2D eigenvalue weighted by Gasteiger charge is -2.12. The standard InChI is InChI=1S/C28H23N5O3S/c1-18-7-3-4-8-22(18)26-17-24(23-9-5-6-10-25(23)32-26)27(34)31-20-11-13-21(14-12-20)37(35,36)33-28-29-16-15-19(2)30-28/h3-17H,1-2H3,(H,31,34)(H,29,30,33). The Morgan fingerprint density at radius 3 is 2.32 bits per heavy atom. The molecule has 2 aromatic heterocycles. The van der Waals surface area contributed by atoms with Crippen molar-refractivity contribution in [1.29, 1.82) is 0 Å². The van der Waals surface area contributed by atoms with E-state index in [1.807, 2.05) is 55.5 Å². The van der Waals surface area contributed by atoms with E-state index >= 15 is 0 Å². The summed E-state index contributed by atoms with van der Waals surface area (Å²) in [6.07, 6.45) is 1.48. The molecular weight excluding hydrogens is 486 g/mol. The zero-order valence-corrected chi connectivity index (χ0v) is 21.0. The van der Waals surface area contributed by atoms with Crippen molar-refractivity contribution in [2.75, 3.05) is 10.0 Å². The van der Waals surface area contributed by atoms with Gasteiger partial charge in [-0.2, -0.15) is 0 Å². The van der Waals surface area contributed by atoms with Crippen LogP contribution in [0.3, 0.4) is 0 Å². The van der Waals surface area contributed by atoms with Crippen molar-refractivity contribution < 1.29 is 13.2 Å². The molecule has 0 spiro atoms. The fourth-order valence-electron chi connectivity index (χ4n) is 3.95. The second-order valence-corrected chi connectivity index (χ2v) is 10.2. The number of nitrogens with one attached hydrogen (secondary N) is 2. The number of sulfonamides is 1. The molecule has 2 N–H and O–H groups in total. The summed E-state index contributed by atoms with van der Waals surface area (Å²) in [6, 6.07) is 24.7. The van der Waals surface area contributed by atoms with Crippen molar-refractivity contribution in [2.45, 2.75) is 18.7 Å². The third-order valence-corrected chi connectivity index (χ3v) is 7.17. The Kier molecular flexibility index (Phi) is 6.37. The predicted molar refractivity (Wildman–Crippen MR) is 144 cm³/mol. The van der Waals surface area contributed by atoms with Crippen molar-refractivity contribution in [3.8, 4) is 11.3 Å². The van der Waals surface area contributed by atoms with E-state index in [1.165, 1.54) is 30.5 Å². The zero-order valence-electron chi connectivity index (χ0n) is 20.1. The molecular formula is C28H23N5O3S. The Labute approximate surface area is 214 Å². The monoisotopic (exact) mass is 509 g/mol. The number of carbonyl (C=O) groups excluding carboxylic acids is 1. The van der Waals surface area contributed by atoms with Crippen LogP contribution in [0.5, 0.6) is 0 Å². The number of benzene rings is 3. The molecule has 3 aromatic carbocycles. The summed E-state index contributed by atoms with van der Waals surface area (Å²) in [5, 5.41) is 3.59. The van der Waals surface area contributed by atoms with Gasteiger partial charge in [-0.15, -0.1) is 0 Å². The number of fused-ring (bicyclic) bond motifs is 1. The van der Waals surface area contributed by atoms with Gasteiger partial charge in [-0.05, 0) is 61.9 Å². The molecule has 0 aliphatic carbocycles. The molecule has 0 unspecified atom stereocenters. The topological polar surface area (TPSA) is 114 Å². The van der Waals surface area contributed by atoms with Gasteiger partial charge in [0.05, 0.1) is 21.7 Å². The van der Waals surface area contributed by atoms with Crippen molar-refractivity contribution >= 4 is 38.5 Å². The number of carbonyl (C=O) groups is 1. The summed E-state index contributed by atoms with van der Waals surface area (Å²) >= 11 is 0. The Balaban J connectivity index is 1.42. The summed E-state index contributed by atoms with van der Waals surface area (Å²) in [4.78, 5) is 26.2. The smallest absolute Gasteiger partial charge is 0.264 e. The number of nitrogens with zero attached hydrogens (tertiary/aromatic N) is 3. The first-order valence-electron chi connectivity index (χ1n) is 11.5. The van der Waals surface area contributed by atoms with Crippen LogP contribution in [0.2, 0.25) is 0 Å². The minimum Gasteiger partial charge on any atom is -0.322 e. The van der Waals surface area contributed by atoms with E-state index in [2.05, 4.69) is 20.0 Å². The molecule has 184 valence electrons. The molecule has 5 aromatic rings. The number of hydrogen-bond donors (Lipinski definition) is 2. The van der Waals surface area contributed by atoms with E-state index in [0.29, 0.717) is 28.2 Å². The highest BCUT2D eigenvalue weighted by Gasteiger charge is 2.18. The molecule has 0 aliphatic rings. The molecule has 0 bridgehead atoms. The first-order chi connectivity index (χ1) is 17.8. The van der Waals surface area contributed by atoms with Gasteiger partial charge in [0.1, 0.15) is 0 Å². The normalized spacial score (nSPS) is 11.3. The van der Waals surface area contributed by atoms with Crippen molar-refractivity contribution in [3.63, 3.8) is 0 Å². The van der Waals surface area contributed by atoms with Crippen LogP contribution >= 0.6 is 0 Å². The Morgan fingerprint density at radius 2 is 1.57 bits per heavy atom. The van der Waals surface area contributed by atoms with E-state index < -0.39 is 10.0 Å². The van der Waals surface area contributed by atoms with Crippen LogP contribution in [0, 0.1) is 13.8 Å². The average Bonchev–Trinajstić information content (AvgIpc) is 2.88. The highest BCUT2D eigenvalue weighted by atomic mass is 32.2. The molecule has 37 heavy (non-hydrogen) atoms. The largest absolute Gasteiger partial charge is 0.322 e. The SMILES string of the molecule is Cc1ccnc(NS(=O)(=O)c2ccc(NC(=O)c3cc(-c4ccccc4C)nc4ccccc34)cc2)n1. The van der Waals surface area contributed by atoms with Gasteiger partial charge in [0.25, 0.3) is 15.9 Å². The summed E-state index contributed by atoms with van der Waals surface area (Å²) in [7, 11) is -3.89. The molecule has 5 rings (SSSR count). The third kappa shape index (κ3) is 5.17. The number of amides is 1. The van der Waals surface area contributed by atoms with Crippen LogP contribution in [0.25, 0.3) is 22.2 Å². The van der Waals surface area contributed by atoms with Gasteiger partial charge in [-0.3, -0.25) is 4.79 Å². The van der Waals surface area contributed by atoms with Crippen LogP contribution in [0.1, 0.15) is 21.6 Å². The Bertz CT molecular complexity index is 1740. The molecule has 8 nitrogen and oxygen atoms in total. The third-order valence-electron chi connectivity index (χ3n) is 5.82.